The van der Waals surface area contributed by atoms with E-state index in [2.05, 4.69) is 37.5 Å². The molecular formula is C31H33N3NaO5S. The van der Waals surface area contributed by atoms with Crippen LogP contribution in [-0.2, 0) is 21.5 Å². The molecule has 3 aromatic heterocycles. The summed E-state index contributed by atoms with van der Waals surface area (Å²) in [6, 6.07) is 13.6. The van der Waals surface area contributed by atoms with Crippen molar-refractivity contribution >= 4 is 74.6 Å². The van der Waals surface area contributed by atoms with Crippen molar-refractivity contribution in [3.05, 3.63) is 65.3 Å². The molecule has 0 fully saturated rings. The Morgan fingerprint density at radius 1 is 1.07 bits per heavy atom. The molecule has 41 heavy (non-hydrogen) atoms. The number of thiazole rings is 1. The second-order valence-corrected chi connectivity index (χ2v) is 12.2. The summed E-state index contributed by atoms with van der Waals surface area (Å²) in [5.74, 6) is 1.02. The number of rotatable bonds is 7. The molecule has 0 saturated heterocycles. The predicted octanol–water partition coefficient (Wildman–Crippen LogP) is 6.30. The van der Waals surface area contributed by atoms with Gasteiger partial charge in [-0.25, -0.2) is 4.98 Å². The number of aromatic nitrogens is 2. The summed E-state index contributed by atoms with van der Waals surface area (Å²) < 4.78 is 19.7. The molecule has 1 amide bonds. The van der Waals surface area contributed by atoms with Crippen molar-refractivity contribution < 1.29 is 23.5 Å². The van der Waals surface area contributed by atoms with Crippen molar-refractivity contribution in [2.45, 2.75) is 59.1 Å². The second kappa shape index (κ2) is 11.6. The average molecular weight is 583 g/mol. The van der Waals surface area contributed by atoms with Crippen LogP contribution in [0.1, 0.15) is 52.8 Å². The van der Waals surface area contributed by atoms with Crippen LogP contribution >= 0.6 is 11.3 Å². The van der Waals surface area contributed by atoms with E-state index in [9.17, 15) is 9.59 Å². The number of ether oxygens (including phenoxy) is 2. The largest absolute Gasteiger partial charge is 0.478 e. The van der Waals surface area contributed by atoms with Gasteiger partial charge >= 0.3 is 5.97 Å². The Balaban J connectivity index is 0.00000387. The van der Waals surface area contributed by atoms with Crippen molar-refractivity contribution in [1.29, 1.82) is 0 Å². The summed E-state index contributed by atoms with van der Waals surface area (Å²) in [6.45, 7) is 11.8. The topological polar surface area (TPSA) is 95.6 Å². The first-order valence-corrected chi connectivity index (χ1v) is 13.9. The van der Waals surface area contributed by atoms with E-state index in [1.807, 2.05) is 41.1 Å². The van der Waals surface area contributed by atoms with Gasteiger partial charge in [-0.2, -0.15) is 0 Å². The summed E-state index contributed by atoms with van der Waals surface area (Å²) in [5, 5.41) is 7.27. The maximum absolute atomic E-state index is 12.2. The van der Waals surface area contributed by atoms with Gasteiger partial charge in [0.25, 0.3) is 5.91 Å². The summed E-state index contributed by atoms with van der Waals surface area (Å²) in [5.41, 5.74) is 2.67. The number of benzene rings is 2. The van der Waals surface area contributed by atoms with E-state index in [-0.39, 0.29) is 40.9 Å². The first-order chi connectivity index (χ1) is 18.8. The minimum atomic E-state index is -1.07. The van der Waals surface area contributed by atoms with Crippen LogP contribution in [0.5, 0.6) is 11.5 Å². The molecule has 8 nitrogen and oxygen atoms in total. The van der Waals surface area contributed by atoms with Gasteiger partial charge in [0.05, 0.1) is 11.2 Å². The zero-order valence-corrected chi connectivity index (χ0v) is 27.6. The molecule has 2 aromatic carbocycles. The molecule has 10 heteroatoms. The number of carbonyl (C=O) groups excluding carboxylic acids is 2. The van der Waals surface area contributed by atoms with Crippen LogP contribution in [0.2, 0.25) is 0 Å². The van der Waals surface area contributed by atoms with Crippen LogP contribution < -0.4 is 14.8 Å². The molecule has 5 rings (SSSR count). The Hall–Kier alpha value is -3.11. The summed E-state index contributed by atoms with van der Waals surface area (Å²) in [4.78, 5) is 28.9. The predicted molar refractivity (Wildman–Crippen MR) is 163 cm³/mol. The van der Waals surface area contributed by atoms with Crippen molar-refractivity contribution in [3.8, 4) is 22.3 Å². The van der Waals surface area contributed by atoms with Crippen LogP contribution in [0.3, 0.4) is 0 Å². The molecule has 0 aliphatic carbocycles. The van der Waals surface area contributed by atoms with Gasteiger partial charge in [0, 0.05) is 77.8 Å². The number of nitrogens with zero attached hydrogens (tertiary/aromatic N) is 2. The number of likely N-dealkylation sites (N-methyl/N-ethyl adjacent to an activating group) is 1. The fraction of sp³-hybridized carbons (Fsp3) is 0.323. The zero-order chi connectivity index (χ0) is 28.8. The molecule has 0 aliphatic heterocycles. The fourth-order valence-electron chi connectivity index (χ4n) is 4.54. The van der Waals surface area contributed by atoms with Crippen molar-refractivity contribution in [1.82, 2.24) is 14.9 Å². The van der Waals surface area contributed by atoms with Gasteiger partial charge in [-0.15, -0.1) is 11.3 Å². The van der Waals surface area contributed by atoms with Gasteiger partial charge < -0.3 is 23.8 Å². The van der Waals surface area contributed by atoms with E-state index in [1.165, 1.54) is 6.92 Å². The average Bonchev–Trinajstić information content (AvgIpc) is 3.60. The molecule has 0 bridgehead atoms. The standard InChI is InChI=1S/C31H33N3O5S.Na/c1-18(35)37-26-16-34(23-10-9-21(14-22(23)26)39-31(5,6)29(36)32-7)15-19-8-11-24-20(12-19)13-25(38-24)28-33-27(17-40-28)30(2,3)4;/h8-14,16-17H,15H2,1-7H3,(H,32,36);. The molecule has 5 aromatic rings. The molecule has 0 saturated carbocycles. The SMILES string of the molecule is CNC(=O)C(C)(C)Oc1ccc2c(c1)c(OC(C)=O)cn2Cc1ccc2oc(-c3nc(C(C)(C)C)cs3)cc2c1.[Na]. The summed E-state index contributed by atoms with van der Waals surface area (Å²) in [7, 11) is 1.57. The Labute approximate surface area is 265 Å². The molecule has 3 heterocycles. The maximum atomic E-state index is 12.2. The third-order valence-corrected chi connectivity index (χ3v) is 7.49. The van der Waals surface area contributed by atoms with Crippen molar-refractivity contribution in [2.24, 2.45) is 0 Å². The fourth-order valence-corrected chi connectivity index (χ4v) is 5.54. The molecule has 1 N–H and O–H groups in total. The molecule has 0 unspecified atom stereocenters. The first-order valence-electron chi connectivity index (χ1n) is 13.1. The normalized spacial score (nSPS) is 11.9. The van der Waals surface area contributed by atoms with Gasteiger partial charge in [-0.05, 0) is 55.8 Å². The van der Waals surface area contributed by atoms with E-state index in [0.717, 1.165) is 38.5 Å². The number of nitrogens with one attached hydrogen (secondary N) is 1. The van der Waals surface area contributed by atoms with Crippen LogP contribution in [-0.4, -0.2) is 63.6 Å². The quantitative estimate of drug-likeness (QED) is 0.179. The molecule has 209 valence electrons. The Bertz CT molecular complexity index is 1740. The van der Waals surface area contributed by atoms with Gasteiger partial charge in [0.2, 0.25) is 0 Å². The summed E-state index contributed by atoms with van der Waals surface area (Å²) >= 11 is 1.58. The number of carbonyl (C=O) groups is 2. The van der Waals surface area contributed by atoms with Gasteiger partial charge in [0.15, 0.2) is 22.1 Å². The molecule has 1 radical (unpaired) electrons. The molecular weight excluding hydrogens is 549 g/mol. The first kappa shape index (κ1) is 30.8. The Morgan fingerprint density at radius 2 is 1.83 bits per heavy atom. The number of fused-ring (bicyclic) bond motifs is 2. The number of hydrogen-bond donors (Lipinski definition) is 1. The van der Waals surface area contributed by atoms with Gasteiger partial charge in [0.1, 0.15) is 11.3 Å². The third-order valence-electron chi connectivity index (χ3n) is 6.63. The van der Waals surface area contributed by atoms with E-state index in [4.69, 9.17) is 18.9 Å². The Kier molecular flexibility index (Phi) is 8.76. The number of esters is 1. The maximum Gasteiger partial charge on any atom is 0.308 e. The van der Waals surface area contributed by atoms with E-state index >= 15 is 0 Å². The molecule has 0 aliphatic rings. The third kappa shape index (κ3) is 6.54. The minimum absolute atomic E-state index is 0. The van der Waals surface area contributed by atoms with Crippen molar-refractivity contribution in [2.75, 3.05) is 7.05 Å². The number of amides is 1. The van der Waals surface area contributed by atoms with Crippen LogP contribution in [0.4, 0.5) is 0 Å². The van der Waals surface area contributed by atoms with E-state index in [0.29, 0.717) is 23.4 Å². The number of furan rings is 1. The van der Waals surface area contributed by atoms with Gasteiger partial charge in [-0.1, -0.05) is 26.8 Å². The second-order valence-electron chi connectivity index (χ2n) is 11.4. The van der Waals surface area contributed by atoms with E-state index in [1.54, 1.807) is 38.3 Å². The summed E-state index contributed by atoms with van der Waals surface area (Å²) in [6.07, 6.45) is 1.81. The Morgan fingerprint density at radius 3 is 2.49 bits per heavy atom. The molecule has 0 spiro atoms. The van der Waals surface area contributed by atoms with Crippen LogP contribution in [0.15, 0.2) is 58.5 Å². The van der Waals surface area contributed by atoms with E-state index < -0.39 is 11.6 Å². The van der Waals surface area contributed by atoms with Crippen LogP contribution in [0, 0.1) is 0 Å². The van der Waals surface area contributed by atoms with Gasteiger partial charge in [-0.3, -0.25) is 9.59 Å². The minimum Gasteiger partial charge on any atom is -0.478 e. The monoisotopic (exact) mass is 582 g/mol. The zero-order valence-electron chi connectivity index (χ0n) is 24.7. The smallest absolute Gasteiger partial charge is 0.308 e. The molecule has 0 atom stereocenters. The van der Waals surface area contributed by atoms with Crippen LogP contribution in [0.25, 0.3) is 32.6 Å². The number of hydrogen-bond acceptors (Lipinski definition) is 7. The van der Waals surface area contributed by atoms with Crippen molar-refractivity contribution in [3.63, 3.8) is 0 Å².